The summed E-state index contributed by atoms with van der Waals surface area (Å²) in [6.45, 7) is 0.141. The lowest BCUT2D eigenvalue weighted by molar-refractivity contribution is -0.148. The maximum Gasteiger partial charge on any atom is 0.240 e. The van der Waals surface area contributed by atoms with E-state index in [2.05, 4.69) is 0 Å². The van der Waals surface area contributed by atoms with E-state index in [9.17, 15) is 15.1 Å². The van der Waals surface area contributed by atoms with Gasteiger partial charge in [-0.1, -0.05) is 0 Å². The number of aliphatic hydroxyl groups excluding tert-OH is 1. The van der Waals surface area contributed by atoms with Gasteiger partial charge in [0, 0.05) is 6.61 Å². The number of carbonyl (C=O) groups is 1. The van der Waals surface area contributed by atoms with E-state index in [0.717, 1.165) is 17.9 Å². The van der Waals surface area contributed by atoms with Gasteiger partial charge in [0.2, 0.25) is 5.91 Å². The summed E-state index contributed by atoms with van der Waals surface area (Å²) >= 11 is 0. The molecule has 8 heteroatoms. The van der Waals surface area contributed by atoms with E-state index < -0.39 is 24.2 Å². The lowest BCUT2D eigenvalue weighted by atomic mass is 10.0. The van der Waals surface area contributed by atoms with Crippen LogP contribution in [-0.4, -0.2) is 64.0 Å². The molecule has 0 radical (unpaired) electrons. The third-order valence-electron chi connectivity index (χ3n) is 3.38. The minimum absolute atomic E-state index is 0.0231. The van der Waals surface area contributed by atoms with Crippen LogP contribution in [0.25, 0.3) is 0 Å². The average Bonchev–Trinajstić information content (AvgIpc) is 2.84. The Hall–Kier alpha value is -0.770. The zero-order valence-corrected chi connectivity index (χ0v) is 9.45. The fourth-order valence-corrected chi connectivity index (χ4v) is 2.52. The molecular weight excluding hydrogens is 228 g/mol. The number of hydrogen-bond donors (Lipinski definition) is 4. The van der Waals surface area contributed by atoms with Crippen LogP contribution in [-0.2, 0) is 9.53 Å². The first-order valence-corrected chi connectivity index (χ1v) is 5.53. The number of hydrogen-bond acceptors (Lipinski definition) is 7. The van der Waals surface area contributed by atoms with Crippen molar-refractivity contribution < 1.29 is 19.8 Å². The number of nitrogens with two attached hydrogens (primary N) is 2. The number of primary amides is 1. The predicted molar refractivity (Wildman–Crippen MR) is 56.3 cm³/mol. The van der Waals surface area contributed by atoms with Crippen molar-refractivity contribution in [3.63, 3.8) is 0 Å². The van der Waals surface area contributed by atoms with Gasteiger partial charge in [0.05, 0.1) is 13.3 Å². The highest BCUT2D eigenvalue weighted by Gasteiger charge is 2.55. The summed E-state index contributed by atoms with van der Waals surface area (Å²) in [5, 5.41) is 19.9. The monoisotopic (exact) mass is 246 g/mol. The smallest absolute Gasteiger partial charge is 0.240 e. The Kier molecular flexibility index (Phi) is 3.34. The Bertz CT molecular complexity index is 309. The van der Waals surface area contributed by atoms with Gasteiger partial charge < -0.3 is 26.5 Å². The quantitative estimate of drug-likeness (QED) is 0.437. The third kappa shape index (κ3) is 1.92. The van der Waals surface area contributed by atoms with Gasteiger partial charge in [-0.3, -0.25) is 4.79 Å². The summed E-state index contributed by atoms with van der Waals surface area (Å²) in [6.07, 6.45) is 1.33. The fraction of sp³-hybridized carbons (Fsp3) is 0.889. The molecule has 2 fully saturated rings. The summed E-state index contributed by atoms with van der Waals surface area (Å²) < 4.78 is 5.46. The minimum Gasteiger partial charge on any atom is -0.393 e. The molecular formula is C9H18N4O4. The second-order valence-electron chi connectivity index (χ2n) is 4.47. The van der Waals surface area contributed by atoms with Crippen molar-refractivity contribution in [2.24, 2.45) is 11.5 Å². The van der Waals surface area contributed by atoms with E-state index in [4.69, 9.17) is 16.2 Å². The van der Waals surface area contributed by atoms with Crippen LogP contribution in [0.3, 0.4) is 0 Å². The molecule has 2 saturated heterocycles. The van der Waals surface area contributed by atoms with Gasteiger partial charge in [0.15, 0.2) is 0 Å². The molecule has 8 nitrogen and oxygen atoms in total. The average molecular weight is 246 g/mol. The minimum atomic E-state index is -1.41. The molecule has 98 valence electrons. The molecule has 0 saturated carbocycles. The second kappa shape index (κ2) is 4.48. The number of aliphatic hydroxyl groups is 1. The van der Waals surface area contributed by atoms with Crippen LogP contribution in [0.2, 0.25) is 0 Å². The Balaban J connectivity index is 2.25. The van der Waals surface area contributed by atoms with Crippen molar-refractivity contribution in [1.82, 2.24) is 9.96 Å². The van der Waals surface area contributed by atoms with Gasteiger partial charge in [-0.15, -0.1) is 0 Å². The molecule has 0 aliphatic carbocycles. The predicted octanol–water partition coefficient (Wildman–Crippen LogP) is -2.41. The van der Waals surface area contributed by atoms with Crippen LogP contribution < -0.4 is 11.5 Å². The molecule has 0 aromatic rings. The summed E-state index contributed by atoms with van der Waals surface area (Å²) in [6, 6.07) is -1.14. The zero-order chi connectivity index (χ0) is 12.6. The molecule has 17 heavy (non-hydrogen) atoms. The van der Waals surface area contributed by atoms with Gasteiger partial charge in [0.25, 0.3) is 0 Å². The van der Waals surface area contributed by atoms with Crippen molar-refractivity contribution >= 4 is 5.91 Å². The first kappa shape index (κ1) is 12.7. The van der Waals surface area contributed by atoms with Crippen molar-refractivity contribution in [2.75, 3.05) is 19.9 Å². The molecule has 3 unspecified atom stereocenters. The SMILES string of the molecule is NC(=O)C1N(O)CN(C2CCCO2)C1(N)CO. The van der Waals surface area contributed by atoms with Crippen LogP contribution in [0.15, 0.2) is 0 Å². The first-order chi connectivity index (χ1) is 8.00. The van der Waals surface area contributed by atoms with E-state index in [1.54, 1.807) is 4.90 Å². The molecule has 2 aliphatic heterocycles. The first-order valence-electron chi connectivity index (χ1n) is 5.53. The summed E-state index contributed by atoms with van der Waals surface area (Å²) in [7, 11) is 0. The maximum absolute atomic E-state index is 11.3. The van der Waals surface area contributed by atoms with Crippen LogP contribution >= 0.6 is 0 Å². The summed E-state index contributed by atoms with van der Waals surface area (Å²) in [5.74, 6) is -0.774. The summed E-state index contributed by atoms with van der Waals surface area (Å²) in [5.41, 5.74) is 9.81. The van der Waals surface area contributed by atoms with Crippen molar-refractivity contribution in [2.45, 2.75) is 30.8 Å². The lowest BCUT2D eigenvalue weighted by Crippen LogP contribution is -2.67. The normalized spacial score (nSPS) is 39.9. The van der Waals surface area contributed by atoms with Gasteiger partial charge >= 0.3 is 0 Å². The molecule has 0 aromatic carbocycles. The van der Waals surface area contributed by atoms with E-state index in [1.807, 2.05) is 0 Å². The van der Waals surface area contributed by atoms with Crippen LogP contribution in [0.1, 0.15) is 12.8 Å². The molecule has 2 rings (SSSR count). The highest BCUT2D eigenvalue weighted by Crippen LogP contribution is 2.31. The molecule has 0 bridgehead atoms. The summed E-state index contributed by atoms with van der Waals surface area (Å²) in [4.78, 5) is 12.9. The number of carbonyl (C=O) groups excluding carboxylic acids is 1. The lowest BCUT2D eigenvalue weighted by Gasteiger charge is -2.37. The highest BCUT2D eigenvalue weighted by molar-refractivity contribution is 5.81. The zero-order valence-electron chi connectivity index (χ0n) is 9.45. The highest BCUT2D eigenvalue weighted by atomic mass is 16.5. The molecule has 0 spiro atoms. The van der Waals surface area contributed by atoms with Gasteiger partial charge in [-0.05, 0) is 12.8 Å². The van der Waals surface area contributed by atoms with Gasteiger partial charge in [-0.2, -0.15) is 5.06 Å². The maximum atomic E-state index is 11.3. The Labute approximate surface area is 98.7 Å². The van der Waals surface area contributed by atoms with Crippen molar-refractivity contribution in [3.8, 4) is 0 Å². The molecule has 2 heterocycles. The molecule has 3 atom stereocenters. The third-order valence-corrected chi connectivity index (χ3v) is 3.38. The number of hydroxylamine groups is 2. The topological polar surface area (TPSA) is 125 Å². The van der Waals surface area contributed by atoms with E-state index in [1.165, 1.54) is 0 Å². The number of nitrogens with zero attached hydrogens (tertiary/aromatic N) is 2. The Morgan fingerprint density at radius 2 is 2.29 bits per heavy atom. The van der Waals surface area contributed by atoms with E-state index in [0.29, 0.717) is 6.61 Å². The van der Waals surface area contributed by atoms with E-state index in [-0.39, 0.29) is 12.9 Å². The molecule has 2 aliphatic rings. The Morgan fingerprint density at radius 3 is 2.76 bits per heavy atom. The van der Waals surface area contributed by atoms with Gasteiger partial charge in [-0.25, -0.2) is 4.90 Å². The number of rotatable bonds is 3. The fourth-order valence-electron chi connectivity index (χ4n) is 2.52. The standard InChI is InChI=1S/C9H18N4O4/c10-8(15)7-9(11,4-14)12(5-13(7)16)6-2-1-3-17-6/h6-7,14,16H,1-5,11H2,(H2,10,15). The number of amides is 1. The van der Waals surface area contributed by atoms with Crippen molar-refractivity contribution in [1.29, 1.82) is 0 Å². The van der Waals surface area contributed by atoms with Crippen molar-refractivity contribution in [3.05, 3.63) is 0 Å². The van der Waals surface area contributed by atoms with Crippen LogP contribution in [0.5, 0.6) is 0 Å². The molecule has 6 N–H and O–H groups in total. The number of ether oxygens (including phenoxy) is 1. The molecule has 1 amide bonds. The van der Waals surface area contributed by atoms with Crippen LogP contribution in [0.4, 0.5) is 0 Å². The van der Waals surface area contributed by atoms with E-state index >= 15 is 0 Å². The largest absolute Gasteiger partial charge is 0.393 e. The Morgan fingerprint density at radius 1 is 1.59 bits per heavy atom. The van der Waals surface area contributed by atoms with Gasteiger partial charge in [0.1, 0.15) is 17.9 Å². The second-order valence-corrected chi connectivity index (χ2v) is 4.47. The van der Waals surface area contributed by atoms with Crippen LogP contribution in [0, 0.1) is 0 Å². The molecule has 0 aromatic heterocycles.